The minimum absolute atomic E-state index is 0. The number of benzene rings is 1. The van der Waals surface area contributed by atoms with Crippen molar-refractivity contribution in [2.24, 2.45) is 10.7 Å². The van der Waals surface area contributed by atoms with Crippen molar-refractivity contribution in [1.82, 2.24) is 4.90 Å². The lowest BCUT2D eigenvalue weighted by Crippen LogP contribution is -2.56. The van der Waals surface area contributed by atoms with E-state index in [4.69, 9.17) is 10.5 Å². The number of morpholine rings is 1. The highest BCUT2D eigenvalue weighted by molar-refractivity contribution is 14.0. The normalized spacial score (nSPS) is 24.8. The van der Waals surface area contributed by atoms with Gasteiger partial charge in [-0.15, -0.1) is 24.0 Å². The summed E-state index contributed by atoms with van der Waals surface area (Å²) in [5.74, 6) is 2.84. The summed E-state index contributed by atoms with van der Waals surface area (Å²) >= 11 is 2.02. The number of nitrogens with one attached hydrogen (secondary N) is 1. The molecule has 1 aromatic rings. The average Bonchev–Trinajstić information content (AvgIpc) is 3.12. The molecular weight excluding hydrogens is 447 g/mol. The zero-order valence-corrected chi connectivity index (χ0v) is 18.0. The van der Waals surface area contributed by atoms with E-state index in [0.717, 1.165) is 50.7 Å². The van der Waals surface area contributed by atoms with Gasteiger partial charge in [-0.1, -0.05) is 19.1 Å². The predicted octanol–water partition coefficient (Wildman–Crippen LogP) is 2.80. The number of rotatable bonds is 5. The smallest absolute Gasteiger partial charge is 0.193 e. The topological polar surface area (TPSA) is 62.9 Å². The van der Waals surface area contributed by atoms with Crippen molar-refractivity contribution < 1.29 is 4.74 Å². The highest BCUT2D eigenvalue weighted by Crippen LogP contribution is 2.34. The number of nitrogens with zero attached hydrogens (tertiary/aromatic N) is 2. The fraction of sp³-hybridized carbons (Fsp3) is 0.611. The summed E-state index contributed by atoms with van der Waals surface area (Å²) in [6.45, 7) is 6.57. The van der Waals surface area contributed by atoms with E-state index < -0.39 is 0 Å². The molecule has 2 heterocycles. The van der Waals surface area contributed by atoms with Gasteiger partial charge in [-0.25, -0.2) is 0 Å². The molecule has 3 rings (SSSR count). The lowest BCUT2D eigenvalue weighted by Gasteiger charge is -2.42. The minimum Gasteiger partial charge on any atom is -0.379 e. The van der Waals surface area contributed by atoms with Crippen LogP contribution in [0.3, 0.4) is 0 Å². The van der Waals surface area contributed by atoms with Crippen molar-refractivity contribution in [3.63, 3.8) is 0 Å². The first kappa shape index (κ1) is 20.8. The minimum atomic E-state index is 0. The molecule has 1 unspecified atom stereocenters. The maximum Gasteiger partial charge on any atom is 0.193 e. The Bertz CT molecular complexity index is 555. The number of thioether (sulfide) groups is 1. The molecule has 0 radical (unpaired) electrons. The number of aliphatic imine (C=N–C) groups is 1. The van der Waals surface area contributed by atoms with E-state index in [9.17, 15) is 0 Å². The number of guanidine groups is 1. The van der Waals surface area contributed by atoms with Gasteiger partial charge in [0.25, 0.3) is 0 Å². The Morgan fingerprint density at radius 1 is 1.32 bits per heavy atom. The molecule has 1 atom stereocenters. The molecule has 2 saturated heterocycles. The zero-order valence-electron chi connectivity index (χ0n) is 14.9. The fourth-order valence-electron chi connectivity index (χ4n) is 3.35. The zero-order chi connectivity index (χ0) is 16.8. The molecule has 2 aliphatic heterocycles. The van der Waals surface area contributed by atoms with Crippen LogP contribution in [0.25, 0.3) is 0 Å². The summed E-state index contributed by atoms with van der Waals surface area (Å²) in [5, 5.41) is 3.22. The molecule has 25 heavy (non-hydrogen) atoms. The van der Waals surface area contributed by atoms with Crippen LogP contribution in [0.15, 0.2) is 29.3 Å². The number of halogens is 1. The van der Waals surface area contributed by atoms with Gasteiger partial charge in [0, 0.05) is 24.5 Å². The van der Waals surface area contributed by atoms with E-state index in [1.54, 1.807) is 0 Å². The van der Waals surface area contributed by atoms with Crippen molar-refractivity contribution in [1.29, 1.82) is 0 Å². The van der Waals surface area contributed by atoms with Crippen LogP contribution in [-0.4, -0.2) is 60.8 Å². The quantitative estimate of drug-likeness (QED) is 0.389. The molecule has 0 spiro atoms. The van der Waals surface area contributed by atoms with E-state index in [1.807, 2.05) is 11.8 Å². The van der Waals surface area contributed by atoms with E-state index in [2.05, 4.69) is 46.4 Å². The first-order valence-electron chi connectivity index (χ1n) is 8.78. The largest absolute Gasteiger partial charge is 0.379 e. The van der Waals surface area contributed by atoms with Gasteiger partial charge in [0.15, 0.2) is 5.96 Å². The Kier molecular flexibility index (Phi) is 8.31. The van der Waals surface area contributed by atoms with Crippen LogP contribution in [0.4, 0.5) is 5.69 Å². The van der Waals surface area contributed by atoms with Crippen LogP contribution < -0.4 is 11.1 Å². The molecule has 2 aliphatic rings. The van der Waals surface area contributed by atoms with Gasteiger partial charge in [-0.3, -0.25) is 9.89 Å². The van der Waals surface area contributed by atoms with Gasteiger partial charge in [0.1, 0.15) is 0 Å². The third-order valence-electron chi connectivity index (χ3n) is 4.94. The number of ether oxygens (including phenoxy) is 1. The SMILES string of the molecule is CCc1ccc(NC(N)=NCC2(N3CCOCC3)CCSC2)cc1.I. The molecule has 0 aromatic heterocycles. The van der Waals surface area contributed by atoms with Gasteiger partial charge < -0.3 is 15.8 Å². The van der Waals surface area contributed by atoms with Gasteiger partial charge in [-0.2, -0.15) is 11.8 Å². The molecule has 7 heteroatoms. The predicted molar refractivity (Wildman–Crippen MR) is 118 cm³/mol. The third-order valence-corrected chi connectivity index (χ3v) is 6.18. The summed E-state index contributed by atoms with van der Waals surface area (Å²) < 4.78 is 5.51. The van der Waals surface area contributed by atoms with E-state index >= 15 is 0 Å². The fourth-order valence-corrected chi connectivity index (χ4v) is 4.82. The summed E-state index contributed by atoms with van der Waals surface area (Å²) in [4.78, 5) is 7.24. The van der Waals surface area contributed by atoms with Crippen LogP contribution in [0.5, 0.6) is 0 Å². The lowest BCUT2D eigenvalue weighted by atomic mass is 9.96. The summed E-state index contributed by atoms with van der Waals surface area (Å²) in [6, 6.07) is 8.37. The Balaban J connectivity index is 0.00000225. The molecule has 0 aliphatic carbocycles. The first-order chi connectivity index (χ1) is 11.7. The molecule has 0 saturated carbocycles. The lowest BCUT2D eigenvalue weighted by molar-refractivity contribution is -0.0104. The van der Waals surface area contributed by atoms with E-state index in [1.165, 1.54) is 17.7 Å². The van der Waals surface area contributed by atoms with Crippen molar-refractivity contribution >= 4 is 47.4 Å². The van der Waals surface area contributed by atoms with Gasteiger partial charge >= 0.3 is 0 Å². The average molecular weight is 476 g/mol. The molecule has 5 nitrogen and oxygen atoms in total. The highest BCUT2D eigenvalue weighted by Gasteiger charge is 2.40. The van der Waals surface area contributed by atoms with Crippen LogP contribution in [-0.2, 0) is 11.2 Å². The van der Waals surface area contributed by atoms with Crippen LogP contribution in [0, 0.1) is 0 Å². The van der Waals surface area contributed by atoms with Gasteiger partial charge in [0.2, 0.25) is 0 Å². The van der Waals surface area contributed by atoms with Gasteiger partial charge in [-0.05, 0) is 36.3 Å². The summed E-state index contributed by atoms with van der Waals surface area (Å²) in [6.07, 6.45) is 2.23. The summed E-state index contributed by atoms with van der Waals surface area (Å²) in [7, 11) is 0. The molecule has 0 amide bonds. The van der Waals surface area contributed by atoms with E-state index in [-0.39, 0.29) is 29.5 Å². The second-order valence-electron chi connectivity index (χ2n) is 6.50. The molecular formula is C18H29IN4OS. The molecule has 0 bridgehead atoms. The standard InChI is InChI=1S/C18H28N4OS.HI/c1-2-15-3-5-16(6-4-15)21-17(19)20-13-18(7-12-24-14-18)22-8-10-23-11-9-22;/h3-6H,2,7-14H2,1H3,(H3,19,20,21);1H. The van der Waals surface area contributed by atoms with Crippen molar-refractivity contribution in [2.75, 3.05) is 49.7 Å². The number of anilines is 1. The van der Waals surface area contributed by atoms with E-state index in [0.29, 0.717) is 5.96 Å². The monoisotopic (exact) mass is 476 g/mol. The number of aryl methyl sites for hydroxylation is 1. The van der Waals surface area contributed by atoms with Crippen LogP contribution >= 0.6 is 35.7 Å². The Labute approximate surface area is 172 Å². The van der Waals surface area contributed by atoms with Crippen LogP contribution in [0.2, 0.25) is 0 Å². The van der Waals surface area contributed by atoms with Gasteiger partial charge in [0.05, 0.1) is 25.3 Å². The molecule has 1 aromatic carbocycles. The maximum absolute atomic E-state index is 6.13. The van der Waals surface area contributed by atoms with Crippen molar-refractivity contribution in [3.05, 3.63) is 29.8 Å². The first-order valence-corrected chi connectivity index (χ1v) is 9.94. The Morgan fingerprint density at radius 3 is 2.64 bits per heavy atom. The Morgan fingerprint density at radius 2 is 2.04 bits per heavy atom. The number of hydrogen-bond acceptors (Lipinski definition) is 4. The highest BCUT2D eigenvalue weighted by atomic mass is 127. The molecule has 140 valence electrons. The molecule has 3 N–H and O–H groups in total. The second-order valence-corrected chi connectivity index (χ2v) is 7.61. The van der Waals surface area contributed by atoms with Crippen molar-refractivity contribution in [3.8, 4) is 0 Å². The third kappa shape index (κ3) is 5.48. The molecule has 2 fully saturated rings. The second kappa shape index (κ2) is 9.99. The van der Waals surface area contributed by atoms with Crippen LogP contribution in [0.1, 0.15) is 18.9 Å². The number of hydrogen-bond donors (Lipinski definition) is 2. The Hall–Kier alpha value is -0.510. The maximum atomic E-state index is 6.13. The number of nitrogens with two attached hydrogens (primary N) is 1. The van der Waals surface area contributed by atoms with Crippen molar-refractivity contribution in [2.45, 2.75) is 25.3 Å². The summed E-state index contributed by atoms with van der Waals surface area (Å²) in [5.41, 5.74) is 8.60.